The number of benzene rings is 3. The van der Waals surface area contributed by atoms with Gasteiger partial charge in [0.2, 0.25) is 5.91 Å². The second kappa shape index (κ2) is 9.75. The van der Waals surface area contributed by atoms with Crippen LogP contribution in [0.5, 0.6) is 0 Å². The molecule has 4 rings (SSSR count). The molecule has 0 atom stereocenters. The van der Waals surface area contributed by atoms with E-state index in [9.17, 15) is 13.2 Å². The van der Waals surface area contributed by atoms with E-state index in [2.05, 4.69) is 5.32 Å². The summed E-state index contributed by atoms with van der Waals surface area (Å²) in [6.45, 7) is 0.141. The summed E-state index contributed by atoms with van der Waals surface area (Å²) in [6, 6.07) is 19.4. The van der Waals surface area contributed by atoms with Gasteiger partial charge in [0.25, 0.3) is 10.0 Å². The maximum absolute atomic E-state index is 13.2. The molecule has 0 aliphatic carbocycles. The summed E-state index contributed by atoms with van der Waals surface area (Å²) in [5.41, 5.74) is 2.92. The second-order valence-electron chi connectivity index (χ2n) is 7.16. The summed E-state index contributed by atoms with van der Waals surface area (Å²) in [5, 5.41) is 4.02. The van der Waals surface area contributed by atoms with Crippen LogP contribution in [-0.4, -0.2) is 33.2 Å². The Kier molecular flexibility index (Phi) is 7.00. The van der Waals surface area contributed by atoms with Gasteiger partial charge in [0.1, 0.15) is 6.54 Å². The number of amides is 1. The molecular formula is C23H20Cl2N2O3S2. The van der Waals surface area contributed by atoms with Crippen molar-refractivity contribution in [2.75, 3.05) is 23.1 Å². The molecule has 9 heteroatoms. The highest BCUT2D eigenvalue weighted by Gasteiger charge is 2.35. The van der Waals surface area contributed by atoms with Gasteiger partial charge in [0.15, 0.2) is 0 Å². The Balaban J connectivity index is 1.38. The predicted octanol–water partition coefficient (Wildman–Crippen LogP) is 5.22. The fraction of sp³-hybridized carbons (Fsp3) is 0.174. The number of hydrogen-bond acceptors (Lipinski definition) is 4. The van der Waals surface area contributed by atoms with Crippen LogP contribution in [-0.2, 0) is 20.6 Å². The van der Waals surface area contributed by atoms with Crippen LogP contribution in [0, 0.1) is 0 Å². The molecule has 166 valence electrons. The Morgan fingerprint density at radius 3 is 2.47 bits per heavy atom. The highest BCUT2D eigenvalue weighted by Crippen LogP contribution is 2.42. The Labute approximate surface area is 201 Å². The molecule has 0 saturated heterocycles. The zero-order valence-corrected chi connectivity index (χ0v) is 20.1. The van der Waals surface area contributed by atoms with Gasteiger partial charge in [0, 0.05) is 39.2 Å². The molecule has 0 unspecified atom stereocenters. The van der Waals surface area contributed by atoms with E-state index in [1.165, 1.54) is 4.31 Å². The SMILES string of the molecule is O=C(CN1c2ccccc2-c2ccccc2S1(=O)=O)NCCSCc1ccc(Cl)cc1Cl. The fourth-order valence-corrected chi connectivity index (χ4v) is 6.59. The van der Waals surface area contributed by atoms with E-state index in [4.69, 9.17) is 23.2 Å². The third-order valence-corrected chi connectivity index (χ3v) is 8.46. The van der Waals surface area contributed by atoms with Crippen molar-refractivity contribution >= 4 is 56.6 Å². The molecule has 5 nitrogen and oxygen atoms in total. The van der Waals surface area contributed by atoms with E-state index in [1.54, 1.807) is 54.2 Å². The van der Waals surface area contributed by atoms with Crippen LogP contribution in [0.4, 0.5) is 5.69 Å². The van der Waals surface area contributed by atoms with Crippen molar-refractivity contribution in [3.8, 4) is 11.1 Å². The van der Waals surface area contributed by atoms with Gasteiger partial charge in [-0.15, -0.1) is 0 Å². The first-order valence-electron chi connectivity index (χ1n) is 9.87. The molecular weight excluding hydrogens is 487 g/mol. The monoisotopic (exact) mass is 506 g/mol. The number of halogens is 2. The Morgan fingerprint density at radius 2 is 1.69 bits per heavy atom. The van der Waals surface area contributed by atoms with Crippen molar-refractivity contribution in [2.45, 2.75) is 10.6 Å². The van der Waals surface area contributed by atoms with Crippen LogP contribution in [0.25, 0.3) is 11.1 Å². The Hall–Kier alpha value is -2.19. The van der Waals surface area contributed by atoms with Gasteiger partial charge in [-0.2, -0.15) is 11.8 Å². The maximum Gasteiger partial charge on any atom is 0.265 e. The zero-order valence-electron chi connectivity index (χ0n) is 16.9. The molecule has 0 aromatic heterocycles. The molecule has 0 fully saturated rings. The third kappa shape index (κ3) is 4.76. The number of hydrogen-bond donors (Lipinski definition) is 1. The van der Waals surface area contributed by atoms with Gasteiger partial charge < -0.3 is 5.32 Å². The number of anilines is 1. The minimum absolute atomic E-state index is 0.210. The number of nitrogens with zero attached hydrogens (tertiary/aromatic N) is 1. The lowest BCUT2D eigenvalue weighted by molar-refractivity contribution is -0.119. The van der Waals surface area contributed by atoms with Crippen molar-refractivity contribution in [1.29, 1.82) is 0 Å². The average Bonchev–Trinajstić information content (AvgIpc) is 2.78. The van der Waals surface area contributed by atoms with Crippen LogP contribution in [0.2, 0.25) is 10.0 Å². The van der Waals surface area contributed by atoms with Gasteiger partial charge in [-0.3, -0.25) is 9.10 Å². The van der Waals surface area contributed by atoms with Crippen molar-refractivity contribution in [1.82, 2.24) is 5.32 Å². The van der Waals surface area contributed by atoms with Crippen LogP contribution >= 0.6 is 35.0 Å². The average molecular weight is 507 g/mol. The zero-order chi connectivity index (χ0) is 22.7. The van der Waals surface area contributed by atoms with Crippen molar-refractivity contribution < 1.29 is 13.2 Å². The summed E-state index contributed by atoms with van der Waals surface area (Å²) in [4.78, 5) is 12.8. The molecule has 32 heavy (non-hydrogen) atoms. The molecule has 0 spiro atoms. The lowest BCUT2D eigenvalue weighted by Gasteiger charge is -2.31. The molecule has 1 aliphatic heterocycles. The first-order chi connectivity index (χ1) is 15.4. The number of carbonyl (C=O) groups excluding carboxylic acids is 1. The molecule has 0 bridgehead atoms. The van der Waals surface area contributed by atoms with Crippen molar-refractivity contribution in [3.63, 3.8) is 0 Å². The standard InChI is InChI=1S/C23H20Cl2N2O3S2/c24-17-10-9-16(20(25)13-17)15-31-12-11-26-23(28)14-27-21-7-3-1-5-18(21)19-6-2-4-8-22(19)32(27,29)30/h1-10,13H,11-12,14-15H2,(H,26,28). The quantitative estimate of drug-likeness (QED) is 0.446. The Morgan fingerprint density at radius 1 is 0.969 bits per heavy atom. The molecule has 0 radical (unpaired) electrons. The molecule has 1 aliphatic rings. The molecule has 3 aromatic carbocycles. The van der Waals surface area contributed by atoms with Gasteiger partial charge in [-0.25, -0.2) is 8.42 Å². The van der Waals surface area contributed by atoms with Gasteiger partial charge in [-0.1, -0.05) is 65.7 Å². The second-order valence-corrected chi connectivity index (χ2v) is 10.9. The summed E-state index contributed by atoms with van der Waals surface area (Å²) in [5.74, 6) is 1.00. The molecule has 1 amide bonds. The maximum atomic E-state index is 13.2. The number of nitrogens with one attached hydrogen (secondary N) is 1. The van der Waals surface area contributed by atoms with Crippen LogP contribution in [0.15, 0.2) is 71.6 Å². The van der Waals surface area contributed by atoms with E-state index in [1.807, 2.05) is 24.3 Å². The smallest absolute Gasteiger partial charge is 0.265 e. The van der Waals surface area contributed by atoms with Crippen molar-refractivity contribution in [2.24, 2.45) is 0 Å². The predicted molar refractivity (Wildman–Crippen MR) is 132 cm³/mol. The summed E-state index contributed by atoms with van der Waals surface area (Å²) >= 11 is 13.7. The summed E-state index contributed by atoms with van der Waals surface area (Å²) in [6.07, 6.45) is 0. The van der Waals surface area contributed by atoms with E-state index < -0.39 is 10.0 Å². The van der Waals surface area contributed by atoms with E-state index in [0.717, 1.165) is 11.1 Å². The normalized spacial score (nSPS) is 13.9. The lowest BCUT2D eigenvalue weighted by atomic mass is 10.0. The minimum Gasteiger partial charge on any atom is -0.354 e. The van der Waals surface area contributed by atoms with Crippen LogP contribution in [0.1, 0.15) is 5.56 Å². The largest absolute Gasteiger partial charge is 0.354 e. The number of rotatable bonds is 7. The van der Waals surface area contributed by atoms with E-state index >= 15 is 0 Å². The molecule has 1 N–H and O–H groups in total. The van der Waals surface area contributed by atoms with Gasteiger partial charge in [0.05, 0.1) is 10.6 Å². The topological polar surface area (TPSA) is 66.5 Å². The van der Waals surface area contributed by atoms with Crippen molar-refractivity contribution in [3.05, 3.63) is 82.3 Å². The number of carbonyl (C=O) groups is 1. The van der Waals surface area contributed by atoms with E-state index in [-0.39, 0.29) is 17.3 Å². The third-order valence-electron chi connectivity index (χ3n) is 5.05. The molecule has 3 aromatic rings. The molecule has 0 saturated carbocycles. The number of fused-ring (bicyclic) bond motifs is 3. The van der Waals surface area contributed by atoms with Crippen LogP contribution < -0.4 is 9.62 Å². The lowest BCUT2D eigenvalue weighted by Crippen LogP contribution is -2.43. The molecule has 1 heterocycles. The minimum atomic E-state index is -3.83. The summed E-state index contributed by atoms with van der Waals surface area (Å²) in [7, 11) is -3.83. The number of sulfonamides is 1. The van der Waals surface area contributed by atoms with Crippen LogP contribution in [0.3, 0.4) is 0 Å². The first-order valence-corrected chi connectivity index (χ1v) is 13.2. The number of thioether (sulfide) groups is 1. The van der Waals surface area contributed by atoms with Gasteiger partial charge >= 0.3 is 0 Å². The van der Waals surface area contributed by atoms with E-state index in [0.29, 0.717) is 39.3 Å². The fourth-order valence-electron chi connectivity index (χ4n) is 3.52. The first kappa shape index (κ1) is 23.0. The number of para-hydroxylation sites is 1. The van der Waals surface area contributed by atoms with Gasteiger partial charge in [-0.05, 0) is 29.8 Å². The highest BCUT2D eigenvalue weighted by molar-refractivity contribution is 7.98. The summed E-state index contributed by atoms with van der Waals surface area (Å²) < 4.78 is 27.6. The highest BCUT2D eigenvalue weighted by atomic mass is 35.5. The Bertz CT molecular complexity index is 1270.